The number of halogens is 1. The van der Waals surface area contributed by atoms with Gasteiger partial charge in [0.1, 0.15) is 25.4 Å². The molecule has 1 amide bonds. The first-order valence-corrected chi connectivity index (χ1v) is 12.1. The zero-order valence-corrected chi connectivity index (χ0v) is 21.5. The number of amides is 1. The van der Waals surface area contributed by atoms with E-state index in [9.17, 15) is 14.7 Å². The summed E-state index contributed by atoms with van der Waals surface area (Å²) in [5.41, 5.74) is 4.32. The maximum atomic E-state index is 12.3. The molecule has 0 atom stereocenters. The van der Waals surface area contributed by atoms with Crippen LogP contribution in [0.2, 0.25) is 0 Å². The molecule has 7 nitrogen and oxygen atoms in total. The third-order valence-electron chi connectivity index (χ3n) is 5.65. The average molecular weight is 570 g/mol. The normalized spacial score (nSPS) is 11.0. The van der Waals surface area contributed by atoms with Crippen molar-refractivity contribution >= 4 is 56.8 Å². The molecule has 0 spiro atoms. The quantitative estimate of drug-likeness (QED) is 0.161. The van der Waals surface area contributed by atoms with E-state index in [1.165, 1.54) is 6.07 Å². The number of benzene rings is 3. The Morgan fingerprint density at radius 3 is 2.41 bits per heavy atom. The van der Waals surface area contributed by atoms with E-state index >= 15 is 0 Å². The number of carbonyl (C=O) groups is 2. The van der Waals surface area contributed by atoms with E-state index in [1.54, 1.807) is 12.1 Å². The molecule has 0 fully saturated rings. The lowest BCUT2D eigenvalue weighted by Crippen LogP contribution is -2.21. The summed E-state index contributed by atoms with van der Waals surface area (Å²) in [5.74, 6) is -0.604. The van der Waals surface area contributed by atoms with Crippen LogP contribution in [-0.2, 0) is 4.79 Å². The van der Waals surface area contributed by atoms with Crippen LogP contribution >= 0.6 is 22.6 Å². The molecular formula is C26H25IN3O4+. The number of hydrogen-bond donors (Lipinski definition) is 2. The summed E-state index contributed by atoms with van der Waals surface area (Å²) >= 11 is 1.97. The predicted molar refractivity (Wildman–Crippen MR) is 144 cm³/mol. The largest absolute Gasteiger partial charge is 0.478 e. The van der Waals surface area contributed by atoms with Crippen molar-refractivity contribution in [2.75, 3.05) is 42.8 Å². The Labute approximate surface area is 210 Å². The van der Waals surface area contributed by atoms with Gasteiger partial charge in [-0.1, -0.05) is 28.7 Å². The Kier molecular flexibility index (Phi) is 6.60. The molecule has 2 aliphatic rings. The van der Waals surface area contributed by atoms with Crippen molar-refractivity contribution in [1.29, 1.82) is 0 Å². The van der Waals surface area contributed by atoms with Gasteiger partial charge in [-0.05, 0) is 35.9 Å². The molecule has 4 rings (SSSR count). The van der Waals surface area contributed by atoms with Gasteiger partial charge >= 0.3 is 5.97 Å². The van der Waals surface area contributed by atoms with Crippen LogP contribution in [0.1, 0.15) is 10.4 Å². The lowest BCUT2D eigenvalue weighted by atomic mass is 9.90. The highest BCUT2D eigenvalue weighted by molar-refractivity contribution is 14.1. The van der Waals surface area contributed by atoms with Crippen LogP contribution in [-0.4, -0.2) is 49.6 Å². The summed E-state index contributed by atoms with van der Waals surface area (Å²) < 4.78 is 8.59. The Balaban J connectivity index is 2.08. The van der Waals surface area contributed by atoms with Gasteiger partial charge in [-0.3, -0.25) is 4.79 Å². The maximum Gasteiger partial charge on any atom is 0.336 e. The molecule has 0 bridgehead atoms. The smallest absolute Gasteiger partial charge is 0.336 e. The van der Waals surface area contributed by atoms with Gasteiger partial charge in [0.15, 0.2) is 0 Å². The Hall–Kier alpha value is -3.40. The maximum absolute atomic E-state index is 12.3. The highest BCUT2D eigenvalue weighted by atomic mass is 127. The zero-order chi connectivity index (χ0) is 24.6. The number of carboxylic acids is 1. The van der Waals surface area contributed by atoms with E-state index in [4.69, 9.17) is 4.42 Å². The third kappa shape index (κ3) is 4.50. The molecule has 174 valence electrons. The summed E-state index contributed by atoms with van der Waals surface area (Å²) in [6, 6.07) is 16.8. The number of rotatable bonds is 5. The second-order valence-electron chi connectivity index (χ2n) is 8.37. The van der Waals surface area contributed by atoms with Crippen LogP contribution in [0.15, 0.2) is 59.0 Å². The number of nitrogens with zero attached hydrogens (tertiary/aromatic N) is 2. The second kappa shape index (κ2) is 9.46. The molecule has 0 saturated carbocycles. The van der Waals surface area contributed by atoms with E-state index in [0.717, 1.165) is 27.6 Å². The van der Waals surface area contributed by atoms with Gasteiger partial charge in [-0.15, -0.1) is 0 Å². The number of carboxylic acid groups (broad SMARTS) is 1. The number of fused-ring (bicyclic) bond motifs is 2. The van der Waals surface area contributed by atoms with Crippen molar-refractivity contribution < 1.29 is 19.1 Å². The molecule has 2 aromatic rings. The molecule has 0 saturated heterocycles. The summed E-state index contributed by atoms with van der Waals surface area (Å²) in [6.07, 6.45) is 0. The van der Waals surface area contributed by atoms with Crippen LogP contribution < -0.4 is 20.1 Å². The third-order valence-corrected chi connectivity index (χ3v) is 6.34. The van der Waals surface area contributed by atoms with Crippen LogP contribution in [0, 0.1) is 0 Å². The minimum atomic E-state index is -1.07. The molecule has 8 heteroatoms. The van der Waals surface area contributed by atoms with Crippen LogP contribution in [0.4, 0.5) is 11.4 Å². The number of hydrogen-bond acceptors (Lipinski definition) is 4. The standard InChI is InChI=1S/C26H24IN3O4/c1-29(2)16-6-9-19-22(12-16)34-23-13-17(30(3)4)7-10-20(23)25(19)18-8-5-15(28-24(31)14-27)11-21(18)26(32)33/h5-13H,14H2,1-4H3,(H,32,33)/p+1. The van der Waals surface area contributed by atoms with E-state index in [2.05, 4.69) is 5.32 Å². The summed E-state index contributed by atoms with van der Waals surface area (Å²) in [6.45, 7) is 0. The van der Waals surface area contributed by atoms with E-state index in [0.29, 0.717) is 22.6 Å². The number of anilines is 2. The molecule has 1 heterocycles. The van der Waals surface area contributed by atoms with Crippen LogP contribution in [0.5, 0.6) is 0 Å². The van der Waals surface area contributed by atoms with Gasteiger partial charge in [-0.2, -0.15) is 0 Å². The molecular weight excluding hydrogens is 545 g/mol. The zero-order valence-electron chi connectivity index (χ0n) is 19.3. The lowest BCUT2D eigenvalue weighted by molar-refractivity contribution is -0.113. The topological polar surface area (TPSA) is 85.8 Å². The van der Waals surface area contributed by atoms with Crippen molar-refractivity contribution in [3.8, 4) is 22.5 Å². The van der Waals surface area contributed by atoms with E-state index in [-0.39, 0.29) is 15.9 Å². The highest BCUT2D eigenvalue weighted by Crippen LogP contribution is 2.42. The minimum absolute atomic E-state index is 0.105. The van der Waals surface area contributed by atoms with Crippen molar-refractivity contribution in [2.24, 2.45) is 0 Å². The molecule has 1 aliphatic heterocycles. The van der Waals surface area contributed by atoms with Gasteiger partial charge in [0.25, 0.3) is 0 Å². The highest BCUT2D eigenvalue weighted by Gasteiger charge is 2.23. The first kappa shape index (κ1) is 23.7. The Morgan fingerprint density at radius 2 is 1.76 bits per heavy atom. The minimum Gasteiger partial charge on any atom is -0.478 e. The first-order chi connectivity index (χ1) is 16.2. The fourth-order valence-corrected chi connectivity index (χ4v) is 4.12. The molecule has 34 heavy (non-hydrogen) atoms. The van der Waals surface area contributed by atoms with Crippen molar-refractivity contribution in [2.45, 2.75) is 0 Å². The fourth-order valence-electron chi connectivity index (χ4n) is 3.93. The fraction of sp³-hybridized carbons (Fsp3) is 0.192. The summed E-state index contributed by atoms with van der Waals surface area (Å²) in [5, 5.41) is 14.6. The first-order valence-electron chi connectivity index (χ1n) is 10.6. The Bertz CT molecular complexity index is 1470. The van der Waals surface area contributed by atoms with Crippen LogP contribution in [0.3, 0.4) is 0 Å². The monoisotopic (exact) mass is 570 g/mol. The lowest BCUT2D eigenvalue weighted by Gasteiger charge is -2.19. The number of aromatic carboxylic acids is 1. The molecule has 0 unspecified atom stereocenters. The number of carbonyl (C=O) groups excluding carboxylic acids is 1. The van der Waals surface area contributed by atoms with Crippen molar-refractivity contribution in [1.82, 2.24) is 4.58 Å². The second-order valence-corrected chi connectivity index (χ2v) is 9.14. The van der Waals surface area contributed by atoms with Gasteiger partial charge in [0, 0.05) is 54.1 Å². The molecule has 2 N–H and O–H groups in total. The van der Waals surface area contributed by atoms with E-state index < -0.39 is 5.97 Å². The Morgan fingerprint density at radius 1 is 1.03 bits per heavy atom. The van der Waals surface area contributed by atoms with Gasteiger partial charge < -0.3 is 19.7 Å². The van der Waals surface area contributed by atoms with Crippen molar-refractivity contribution in [3.63, 3.8) is 0 Å². The van der Waals surface area contributed by atoms with Gasteiger partial charge in [0.2, 0.25) is 11.3 Å². The average Bonchev–Trinajstić information content (AvgIpc) is 2.81. The summed E-state index contributed by atoms with van der Waals surface area (Å²) in [7, 11) is 7.83. The van der Waals surface area contributed by atoms with Crippen molar-refractivity contribution in [3.05, 3.63) is 65.5 Å². The predicted octanol–water partition coefficient (Wildman–Crippen LogP) is 4.37. The molecule has 0 radical (unpaired) electrons. The molecule has 0 aromatic heterocycles. The van der Waals surface area contributed by atoms with Crippen LogP contribution in [0.25, 0.3) is 33.4 Å². The molecule has 2 aromatic carbocycles. The van der Waals surface area contributed by atoms with Gasteiger partial charge in [-0.25, -0.2) is 9.37 Å². The van der Waals surface area contributed by atoms with E-state index in [1.807, 2.05) is 96.7 Å². The SMILES string of the molecule is CN(C)c1ccc2c(-c3ccc(NC(=O)CI)cc3C(=O)O)c3ccc(=[N+](C)C)cc-3oc2c1. The number of nitrogens with one attached hydrogen (secondary N) is 1. The number of alkyl halides is 1. The van der Waals surface area contributed by atoms with Gasteiger partial charge in [0.05, 0.1) is 16.1 Å². The molecule has 1 aliphatic carbocycles. The summed E-state index contributed by atoms with van der Waals surface area (Å²) in [4.78, 5) is 26.2.